The molecule has 128 valence electrons. The molecule has 4 aromatic rings. The maximum atomic E-state index is 13.0. The fourth-order valence-corrected chi connectivity index (χ4v) is 2.70. The smallest absolute Gasteiger partial charge is 0.282 e. The average molecular weight is 344 g/mol. The summed E-state index contributed by atoms with van der Waals surface area (Å²) in [6.07, 6.45) is 4.84. The highest BCUT2D eigenvalue weighted by molar-refractivity contribution is 5.80. The summed E-state index contributed by atoms with van der Waals surface area (Å²) in [7, 11) is 0. The fraction of sp³-hybridized carbons (Fsp3) is 0.100. The van der Waals surface area contributed by atoms with Gasteiger partial charge in [-0.3, -0.25) is 9.78 Å². The van der Waals surface area contributed by atoms with Gasteiger partial charge in [0, 0.05) is 18.0 Å². The highest BCUT2D eigenvalue weighted by atomic mass is 16.3. The minimum absolute atomic E-state index is 0.237. The highest BCUT2D eigenvalue weighted by Gasteiger charge is 2.12. The molecule has 6 nitrogen and oxygen atoms in total. The number of furan rings is 1. The number of nitrogens with zero attached hydrogens (tertiary/aromatic N) is 4. The molecule has 0 radical (unpaired) electrons. The quantitative estimate of drug-likeness (QED) is 0.533. The van der Waals surface area contributed by atoms with Crippen LogP contribution in [0.15, 0.2) is 69.2 Å². The highest BCUT2D eigenvalue weighted by Crippen LogP contribution is 2.18. The first-order valence-corrected chi connectivity index (χ1v) is 8.17. The Morgan fingerprint density at radius 1 is 1.12 bits per heavy atom. The van der Waals surface area contributed by atoms with Crippen LogP contribution in [0.4, 0.5) is 0 Å². The van der Waals surface area contributed by atoms with Crippen LogP contribution in [0.1, 0.15) is 17.1 Å². The van der Waals surface area contributed by atoms with Crippen LogP contribution in [0.25, 0.3) is 22.3 Å². The van der Waals surface area contributed by atoms with Gasteiger partial charge in [0.05, 0.1) is 17.1 Å². The molecule has 0 unspecified atom stereocenters. The van der Waals surface area contributed by atoms with Gasteiger partial charge < -0.3 is 4.42 Å². The van der Waals surface area contributed by atoms with Crippen molar-refractivity contribution in [3.05, 3.63) is 82.3 Å². The topological polar surface area (TPSA) is 73.3 Å². The van der Waals surface area contributed by atoms with Crippen molar-refractivity contribution >= 4 is 17.1 Å². The van der Waals surface area contributed by atoms with E-state index in [1.807, 2.05) is 38.1 Å². The number of pyridine rings is 1. The van der Waals surface area contributed by atoms with Crippen molar-refractivity contribution in [1.29, 1.82) is 0 Å². The first-order chi connectivity index (χ1) is 12.6. The lowest BCUT2D eigenvalue weighted by atomic mass is 10.2. The third-order valence-corrected chi connectivity index (χ3v) is 4.18. The monoisotopic (exact) mass is 344 g/mol. The van der Waals surface area contributed by atoms with Crippen molar-refractivity contribution in [1.82, 2.24) is 14.6 Å². The van der Waals surface area contributed by atoms with Gasteiger partial charge in [-0.15, -0.1) is 0 Å². The Hall–Kier alpha value is -3.54. The van der Waals surface area contributed by atoms with Gasteiger partial charge in [0.2, 0.25) is 0 Å². The Kier molecular flexibility index (Phi) is 3.93. The van der Waals surface area contributed by atoms with E-state index in [2.05, 4.69) is 15.1 Å². The van der Waals surface area contributed by atoms with Gasteiger partial charge in [-0.05, 0) is 49.7 Å². The number of hydrogen-bond acceptors (Lipinski definition) is 5. The first-order valence-electron chi connectivity index (χ1n) is 8.17. The van der Waals surface area contributed by atoms with Gasteiger partial charge >= 0.3 is 0 Å². The van der Waals surface area contributed by atoms with Crippen LogP contribution in [0.2, 0.25) is 0 Å². The largest absolute Gasteiger partial charge is 0.460 e. The summed E-state index contributed by atoms with van der Waals surface area (Å²) in [5.74, 6) is 1.86. The van der Waals surface area contributed by atoms with Gasteiger partial charge in [0.25, 0.3) is 5.56 Å². The molecule has 0 fully saturated rings. The van der Waals surface area contributed by atoms with E-state index < -0.39 is 0 Å². The maximum Gasteiger partial charge on any atom is 0.282 e. The van der Waals surface area contributed by atoms with Crippen molar-refractivity contribution < 1.29 is 4.42 Å². The summed E-state index contributed by atoms with van der Waals surface area (Å²) < 4.78 is 6.91. The molecule has 26 heavy (non-hydrogen) atoms. The van der Waals surface area contributed by atoms with Crippen LogP contribution in [-0.4, -0.2) is 20.9 Å². The SMILES string of the molecule is Cc1cc(C=Nn2c(-c3ccncc3)nc3ccccc3c2=O)oc1C. The zero-order chi connectivity index (χ0) is 18.1. The van der Waals surface area contributed by atoms with E-state index in [-0.39, 0.29) is 5.56 Å². The van der Waals surface area contributed by atoms with Crippen molar-refractivity contribution in [2.45, 2.75) is 13.8 Å². The van der Waals surface area contributed by atoms with Crippen LogP contribution in [-0.2, 0) is 0 Å². The number of aryl methyl sites for hydroxylation is 2. The number of hydrogen-bond donors (Lipinski definition) is 0. The molecule has 3 heterocycles. The third-order valence-electron chi connectivity index (χ3n) is 4.18. The van der Waals surface area contributed by atoms with Gasteiger partial charge in [0.1, 0.15) is 11.5 Å². The summed E-state index contributed by atoms with van der Waals surface area (Å²) in [6, 6.07) is 12.7. The molecule has 0 saturated heterocycles. The normalized spacial score (nSPS) is 11.5. The second-order valence-electron chi connectivity index (χ2n) is 5.94. The second-order valence-corrected chi connectivity index (χ2v) is 5.94. The zero-order valence-electron chi connectivity index (χ0n) is 14.4. The Morgan fingerprint density at radius 2 is 1.88 bits per heavy atom. The Labute approximate surface area is 149 Å². The number of aromatic nitrogens is 3. The van der Waals surface area contributed by atoms with Gasteiger partial charge in [-0.25, -0.2) is 4.98 Å². The van der Waals surface area contributed by atoms with Crippen molar-refractivity contribution in [2.24, 2.45) is 5.10 Å². The molecule has 6 heteroatoms. The second kappa shape index (κ2) is 6.40. The van der Waals surface area contributed by atoms with E-state index in [1.54, 1.807) is 30.6 Å². The van der Waals surface area contributed by atoms with Gasteiger partial charge in [-0.1, -0.05) is 12.1 Å². The van der Waals surface area contributed by atoms with Crippen LogP contribution < -0.4 is 5.56 Å². The molecule has 4 rings (SSSR count). The fourth-order valence-electron chi connectivity index (χ4n) is 2.70. The molecule has 0 aliphatic rings. The molecule has 0 saturated carbocycles. The lowest BCUT2D eigenvalue weighted by Crippen LogP contribution is -2.20. The standard InChI is InChI=1S/C20H16N4O2/c1-13-11-16(26-14(13)2)12-22-24-19(15-7-9-21-10-8-15)23-18-6-4-3-5-17(18)20(24)25/h3-12H,1-2H3. The van der Waals surface area contributed by atoms with Crippen molar-refractivity contribution in [2.75, 3.05) is 0 Å². The molecule has 0 atom stereocenters. The van der Waals surface area contributed by atoms with E-state index in [0.29, 0.717) is 22.5 Å². The van der Waals surface area contributed by atoms with Crippen molar-refractivity contribution in [3.8, 4) is 11.4 Å². The third kappa shape index (κ3) is 2.82. The van der Waals surface area contributed by atoms with E-state index >= 15 is 0 Å². The molecule has 1 aromatic carbocycles. The Balaban J connectivity index is 1.94. The van der Waals surface area contributed by atoms with Crippen LogP contribution in [0.3, 0.4) is 0 Å². The van der Waals surface area contributed by atoms with Gasteiger partial charge in [-0.2, -0.15) is 9.78 Å². The molecule has 0 aliphatic heterocycles. The number of benzene rings is 1. The predicted octanol–water partition coefficient (Wildman–Crippen LogP) is 3.55. The summed E-state index contributed by atoms with van der Waals surface area (Å²) in [4.78, 5) is 21.6. The molecule has 0 aliphatic carbocycles. The molecule has 0 amide bonds. The Bertz CT molecular complexity index is 1150. The lowest BCUT2D eigenvalue weighted by Gasteiger charge is -2.08. The van der Waals surface area contributed by atoms with Crippen molar-refractivity contribution in [3.63, 3.8) is 0 Å². The lowest BCUT2D eigenvalue weighted by molar-refractivity contribution is 0.525. The summed E-state index contributed by atoms with van der Waals surface area (Å²) in [6.45, 7) is 3.85. The molecule has 0 bridgehead atoms. The average Bonchev–Trinajstić information content (AvgIpc) is 2.99. The molecule has 3 aromatic heterocycles. The molecule has 0 spiro atoms. The summed E-state index contributed by atoms with van der Waals surface area (Å²) >= 11 is 0. The maximum absolute atomic E-state index is 13.0. The van der Waals surface area contributed by atoms with Crippen LogP contribution in [0.5, 0.6) is 0 Å². The minimum Gasteiger partial charge on any atom is -0.460 e. The van der Waals surface area contributed by atoms with E-state index in [4.69, 9.17) is 4.42 Å². The van der Waals surface area contributed by atoms with Crippen LogP contribution in [0, 0.1) is 13.8 Å². The Morgan fingerprint density at radius 3 is 2.62 bits per heavy atom. The number of rotatable bonds is 3. The summed E-state index contributed by atoms with van der Waals surface area (Å²) in [5.41, 5.74) is 2.18. The number of fused-ring (bicyclic) bond motifs is 1. The molecular formula is C20H16N4O2. The van der Waals surface area contributed by atoms with Crippen LogP contribution >= 0.6 is 0 Å². The first kappa shape index (κ1) is 16.0. The number of para-hydroxylation sites is 1. The van der Waals surface area contributed by atoms with E-state index in [9.17, 15) is 4.79 Å². The summed E-state index contributed by atoms with van der Waals surface area (Å²) in [5, 5.41) is 4.87. The predicted molar refractivity (Wildman–Crippen MR) is 100 cm³/mol. The van der Waals surface area contributed by atoms with E-state index in [0.717, 1.165) is 16.9 Å². The minimum atomic E-state index is -0.237. The molecular weight excluding hydrogens is 328 g/mol. The van der Waals surface area contributed by atoms with E-state index in [1.165, 1.54) is 10.9 Å². The molecule has 0 N–H and O–H groups in total. The zero-order valence-corrected chi connectivity index (χ0v) is 14.4. The van der Waals surface area contributed by atoms with Gasteiger partial charge in [0.15, 0.2) is 5.82 Å².